The molecule has 0 saturated carbocycles. The fraction of sp³-hybridized carbons (Fsp3) is 0.440. The molecule has 0 radical (unpaired) electrons. The van der Waals surface area contributed by atoms with E-state index in [2.05, 4.69) is 49.3 Å². The van der Waals surface area contributed by atoms with Gasteiger partial charge in [-0.25, -0.2) is 4.99 Å². The highest BCUT2D eigenvalue weighted by Crippen LogP contribution is 2.45. The number of fused-ring (bicyclic) bond motifs is 1. The van der Waals surface area contributed by atoms with Crippen LogP contribution < -0.4 is 9.47 Å². The summed E-state index contributed by atoms with van der Waals surface area (Å²) in [6, 6.07) is 6.25. The number of halogens is 1. The number of thiophene rings is 1. The van der Waals surface area contributed by atoms with Crippen molar-refractivity contribution >= 4 is 38.5 Å². The lowest BCUT2D eigenvalue weighted by Gasteiger charge is -2.33. The molecule has 1 atom stereocenters. The van der Waals surface area contributed by atoms with Gasteiger partial charge in [0.05, 0.1) is 16.6 Å². The van der Waals surface area contributed by atoms with Crippen LogP contribution in [-0.2, 0) is 12.8 Å². The normalized spacial score (nSPS) is 16.1. The van der Waals surface area contributed by atoms with Gasteiger partial charge in [-0.1, -0.05) is 33.4 Å². The second-order valence-electron chi connectivity index (χ2n) is 8.72. The predicted octanol–water partition coefficient (Wildman–Crippen LogP) is 7.25. The summed E-state index contributed by atoms with van der Waals surface area (Å²) < 4.78 is 12.3. The molecule has 31 heavy (non-hydrogen) atoms. The van der Waals surface area contributed by atoms with E-state index < -0.39 is 0 Å². The van der Waals surface area contributed by atoms with Crippen LogP contribution in [0.5, 0.6) is 11.5 Å². The lowest BCUT2D eigenvalue weighted by Crippen LogP contribution is -2.26. The van der Waals surface area contributed by atoms with Crippen LogP contribution in [0.15, 0.2) is 34.3 Å². The first-order chi connectivity index (χ1) is 14.8. The Labute approximate surface area is 197 Å². The summed E-state index contributed by atoms with van der Waals surface area (Å²) in [6.07, 6.45) is 6.61. The van der Waals surface area contributed by atoms with Gasteiger partial charge in [0.2, 0.25) is 0 Å². The molecule has 3 rings (SSSR count). The number of rotatable bonds is 7. The molecule has 1 aliphatic rings. The minimum Gasteiger partial charge on any atom is -0.490 e. The molecule has 0 aliphatic heterocycles. The molecule has 0 amide bonds. The number of benzene rings is 1. The van der Waals surface area contributed by atoms with Gasteiger partial charge in [-0.05, 0) is 76.7 Å². The zero-order valence-electron chi connectivity index (χ0n) is 18.6. The van der Waals surface area contributed by atoms with Gasteiger partial charge < -0.3 is 9.47 Å². The van der Waals surface area contributed by atoms with E-state index in [0.29, 0.717) is 30.6 Å². The number of hydrogen-bond acceptors (Lipinski definition) is 5. The Morgan fingerprint density at radius 3 is 2.77 bits per heavy atom. The van der Waals surface area contributed by atoms with E-state index in [1.165, 1.54) is 10.4 Å². The zero-order valence-corrected chi connectivity index (χ0v) is 21.0. The van der Waals surface area contributed by atoms with Gasteiger partial charge in [0, 0.05) is 11.1 Å². The van der Waals surface area contributed by atoms with Crippen LogP contribution in [0.4, 0.5) is 5.00 Å². The van der Waals surface area contributed by atoms with Gasteiger partial charge in [-0.3, -0.25) is 0 Å². The summed E-state index contributed by atoms with van der Waals surface area (Å²) in [5.74, 6) is 1.94. The Hall–Kier alpha value is -2.10. The standard InChI is InChI=1S/C25H29BrN2O2S/c1-6-10-30-23-20(26)11-16(12-21(23)29-7-2)15-28-24-19(14-27)18-9-8-17(25(3,4)5)13-22(18)31-24/h6,11-12,15,17H,1,7-10,13H2,2-5H3/t17-/m0/s1. The van der Waals surface area contributed by atoms with Crippen molar-refractivity contribution in [1.82, 2.24) is 0 Å². The van der Waals surface area contributed by atoms with Crippen LogP contribution in [0.25, 0.3) is 0 Å². The fourth-order valence-corrected chi connectivity index (χ4v) is 5.65. The summed E-state index contributed by atoms with van der Waals surface area (Å²) in [5, 5.41) is 10.6. The van der Waals surface area contributed by atoms with Gasteiger partial charge in [-0.15, -0.1) is 11.3 Å². The molecular formula is C25H29BrN2O2S. The predicted molar refractivity (Wildman–Crippen MR) is 132 cm³/mol. The summed E-state index contributed by atoms with van der Waals surface area (Å²) in [4.78, 5) is 6.03. The maximum absolute atomic E-state index is 9.79. The average molecular weight is 501 g/mol. The smallest absolute Gasteiger partial charge is 0.175 e. The molecule has 4 nitrogen and oxygen atoms in total. The fourth-order valence-electron chi connectivity index (χ4n) is 3.86. The van der Waals surface area contributed by atoms with E-state index >= 15 is 0 Å². The van der Waals surface area contributed by atoms with Crippen molar-refractivity contribution < 1.29 is 9.47 Å². The molecule has 6 heteroatoms. The van der Waals surface area contributed by atoms with Crippen molar-refractivity contribution in [1.29, 1.82) is 5.26 Å². The van der Waals surface area contributed by atoms with Gasteiger partial charge >= 0.3 is 0 Å². The van der Waals surface area contributed by atoms with Crippen molar-refractivity contribution in [2.24, 2.45) is 16.3 Å². The molecule has 2 aromatic rings. The number of aliphatic imine (C=N–C) groups is 1. The Morgan fingerprint density at radius 1 is 1.35 bits per heavy atom. The monoisotopic (exact) mass is 500 g/mol. The van der Waals surface area contributed by atoms with Gasteiger partial charge in [0.1, 0.15) is 17.7 Å². The minimum absolute atomic E-state index is 0.273. The molecule has 1 aliphatic carbocycles. The molecule has 0 saturated heterocycles. The van der Waals surface area contributed by atoms with E-state index in [0.717, 1.165) is 39.9 Å². The quantitative estimate of drug-likeness (QED) is 0.297. The Kier molecular flexibility index (Phi) is 7.61. The van der Waals surface area contributed by atoms with Gasteiger partial charge in [-0.2, -0.15) is 5.26 Å². The van der Waals surface area contributed by atoms with E-state index in [-0.39, 0.29) is 5.41 Å². The number of hydrogen-bond donors (Lipinski definition) is 0. The van der Waals surface area contributed by atoms with E-state index in [1.54, 1.807) is 23.6 Å². The molecule has 1 heterocycles. The highest BCUT2D eigenvalue weighted by atomic mass is 79.9. The Morgan fingerprint density at radius 2 is 2.13 bits per heavy atom. The summed E-state index contributed by atoms with van der Waals surface area (Å²) in [5.41, 5.74) is 3.09. The summed E-state index contributed by atoms with van der Waals surface area (Å²) in [7, 11) is 0. The molecule has 0 N–H and O–H groups in total. The Balaban J connectivity index is 1.91. The first-order valence-corrected chi connectivity index (χ1v) is 12.2. The highest BCUT2D eigenvalue weighted by Gasteiger charge is 2.32. The topological polar surface area (TPSA) is 54.6 Å². The molecule has 0 spiro atoms. The zero-order chi connectivity index (χ0) is 22.6. The van der Waals surface area contributed by atoms with E-state index in [4.69, 9.17) is 14.5 Å². The summed E-state index contributed by atoms with van der Waals surface area (Å²) in [6.45, 7) is 13.5. The number of ether oxygens (including phenoxy) is 2. The van der Waals surface area contributed by atoms with Crippen molar-refractivity contribution in [3.05, 3.63) is 50.8 Å². The molecule has 1 aromatic heterocycles. The van der Waals surface area contributed by atoms with Gasteiger partial charge in [0.15, 0.2) is 11.5 Å². The maximum atomic E-state index is 9.79. The third-order valence-electron chi connectivity index (χ3n) is 5.59. The third kappa shape index (κ3) is 5.39. The van der Waals surface area contributed by atoms with E-state index in [9.17, 15) is 5.26 Å². The molecule has 0 fully saturated rings. The molecule has 0 bridgehead atoms. The molecular weight excluding hydrogens is 472 g/mol. The first-order valence-electron chi connectivity index (χ1n) is 10.6. The van der Waals surface area contributed by atoms with Gasteiger partial charge in [0.25, 0.3) is 0 Å². The second-order valence-corrected chi connectivity index (χ2v) is 10.7. The minimum atomic E-state index is 0.273. The number of nitrogens with zero attached hydrogens (tertiary/aromatic N) is 2. The molecule has 164 valence electrons. The van der Waals surface area contributed by atoms with Crippen LogP contribution in [-0.4, -0.2) is 19.4 Å². The lowest BCUT2D eigenvalue weighted by atomic mass is 9.72. The number of nitriles is 1. The highest BCUT2D eigenvalue weighted by molar-refractivity contribution is 9.10. The molecule has 1 aromatic carbocycles. The van der Waals surface area contributed by atoms with Crippen molar-refractivity contribution in [2.45, 2.75) is 47.0 Å². The van der Waals surface area contributed by atoms with Crippen molar-refractivity contribution in [2.75, 3.05) is 13.2 Å². The third-order valence-corrected chi connectivity index (χ3v) is 7.34. The van der Waals surface area contributed by atoms with Crippen molar-refractivity contribution in [3.63, 3.8) is 0 Å². The van der Waals surface area contributed by atoms with Crippen molar-refractivity contribution in [3.8, 4) is 17.6 Å². The SMILES string of the molecule is C=CCOc1c(Br)cc(C=Nc2sc3c(c2C#N)CC[C@H](C(C)(C)C)C3)cc1OCC. The average Bonchev–Trinajstić information content (AvgIpc) is 3.08. The Bertz CT molecular complexity index is 1030. The van der Waals surface area contributed by atoms with Crippen LogP contribution in [0.3, 0.4) is 0 Å². The van der Waals surface area contributed by atoms with Crippen LogP contribution in [0.2, 0.25) is 0 Å². The van der Waals surface area contributed by atoms with E-state index in [1.807, 2.05) is 19.1 Å². The van der Waals surface area contributed by atoms with Crippen LogP contribution >= 0.6 is 27.3 Å². The second kappa shape index (κ2) is 10.0. The largest absolute Gasteiger partial charge is 0.490 e. The molecule has 0 unspecified atom stereocenters. The van der Waals surface area contributed by atoms with Crippen LogP contribution in [0.1, 0.15) is 55.7 Å². The first kappa shape index (κ1) is 23.6. The van der Waals surface area contributed by atoms with Crippen LogP contribution in [0, 0.1) is 22.7 Å². The summed E-state index contributed by atoms with van der Waals surface area (Å²) >= 11 is 5.23. The maximum Gasteiger partial charge on any atom is 0.175 e. The lowest BCUT2D eigenvalue weighted by molar-refractivity contribution is 0.218.